The van der Waals surface area contributed by atoms with Crippen LogP contribution in [0.1, 0.15) is 17.3 Å². The van der Waals surface area contributed by atoms with Crippen LogP contribution in [0, 0.1) is 17.5 Å². The van der Waals surface area contributed by atoms with Gasteiger partial charge >= 0.3 is 5.97 Å². The number of nitrogens with zero attached hydrogens (tertiary/aromatic N) is 1. The summed E-state index contributed by atoms with van der Waals surface area (Å²) in [5.41, 5.74) is -0.169. The zero-order valence-corrected chi connectivity index (χ0v) is 11.0. The highest BCUT2D eigenvalue weighted by molar-refractivity contribution is 5.89. The maximum absolute atomic E-state index is 13.5. The molecule has 1 aromatic heterocycles. The van der Waals surface area contributed by atoms with E-state index in [0.717, 1.165) is 6.07 Å². The second kappa shape index (κ2) is 6.25. The lowest BCUT2D eigenvalue weighted by molar-refractivity contribution is 0.0526. The van der Waals surface area contributed by atoms with E-state index in [0.29, 0.717) is 6.07 Å². The third-order valence-corrected chi connectivity index (χ3v) is 2.53. The summed E-state index contributed by atoms with van der Waals surface area (Å²) in [5, 5.41) is 2.43. The lowest BCUT2D eigenvalue weighted by Crippen LogP contribution is -2.06. The Hall–Kier alpha value is -2.57. The summed E-state index contributed by atoms with van der Waals surface area (Å²) in [6.45, 7) is 1.90. The van der Waals surface area contributed by atoms with Crippen molar-refractivity contribution in [1.29, 1.82) is 0 Å². The number of benzene rings is 1. The normalized spacial score (nSPS) is 10.3. The van der Waals surface area contributed by atoms with Crippen molar-refractivity contribution in [3.63, 3.8) is 0 Å². The standard InChI is InChI=1S/C14H11F3N2O2/c1-2-21-14(20)8-3-4-12(18-7-8)19-11-6-9(15)5-10(16)13(11)17/h3-7H,2H2,1H3,(H,18,19). The first-order valence-electron chi connectivity index (χ1n) is 6.06. The molecule has 0 bridgehead atoms. The molecule has 0 atom stereocenters. The van der Waals surface area contributed by atoms with Gasteiger partial charge in [0.15, 0.2) is 11.6 Å². The number of pyridine rings is 1. The van der Waals surface area contributed by atoms with Crippen molar-refractivity contribution in [2.45, 2.75) is 6.92 Å². The van der Waals surface area contributed by atoms with Crippen LogP contribution in [-0.2, 0) is 4.74 Å². The zero-order chi connectivity index (χ0) is 15.4. The van der Waals surface area contributed by atoms with Gasteiger partial charge in [-0.2, -0.15) is 0 Å². The van der Waals surface area contributed by atoms with Crippen LogP contribution in [0.2, 0.25) is 0 Å². The molecular weight excluding hydrogens is 285 g/mol. The summed E-state index contributed by atoms with van der Waals surface area (Å²) in [6.07, 6.45) is 1.22. The van der Waals surface area contributed by atoms with Crippen molar-refractivity contribution < 1.29 is 22.7 Å². The molecule has 0 saturated heterocycles. The largest absolute Gasteiger partial charge is 0.462 e. The topological polar surface area (TPSA) is 51.2 Å². The fraction of sp³-hybridized carbons (Fsp3) is 0.143. The molecule has 110 valence electrons. The number of carbonyl (C=O) groups excluding carboxylic acids is 1. The van der Waals surface area contributed by atoms with Crippen LogP contribution in [0.5, 0.6) is 0 Å². The average Bonchev–Trinajstić information content (AvgIpc) is 2.45. The van der Waals surface area contributed by atoms with Gasteiger partial charge < -0.3 is 10.1 Å². The number of halogens is 3. The molecule has 0 radical (unpaired) electrons. The van der Waals surface area contributed by atoms with Gasteiger partial charge in [0, 0.05) is 18.3 Å². The van der Waals surface area contributed by atoms with E-state index in [1.54, 1.807) is 6.92 Å². The fourth-order valence-corrected chi connectivity index (χ4v) is 1.59. The Morgan fingerprint density at radius 1 is 1.29 bits per heavy atom. The molecule has 1 aromatic carbocycles. The van der Waals surface area contributed by atoms with Gasteiger partial charge in [-0.3, -0.25) is 0 Å². The highest BCUT2D eigenvalue weighted by Gasteiger charge is 2.12. The lowest BCUT2D eigenvalue weighted by Gasteiger charge is -2.08. The molecule has 0 spiro atoms. The molecule has 7 heteroatoms. The van der Waals surface area contributed by atoms with Crippen LogP contribution >= 0.6 is 0 Å². The summed E-state index contributed by atoms with van der Waals surface area (Å²) >= 11 is 0. The van der Waals surface area contributed by atoms with Gasteiger partial charge in [-0.25, -0.2) is 22.9 Å². The van der Waals surface area contributed by atoms with E-state index in [4.69, 9.17) is 4.74 Å². The zero-order valence-electron chi connectivity index (χ0n) is 11.0. The second-order valence-corrected chi connectivity index (χ2v) is 4.03. The molecule has 0 aliphatic heterocycles. The summed E-state index contributed by atoms with van der Waals surface area (Å²) in [5.74, 6) is -3.85. The number of carbonyl (C=O) groups is 1. The summed E-state index contributed by atoms with van der Waals surface area (Å²) in [6, 6.07) is 4.02. The number of nitrogens with one attached hydrogen (secondary N) is 1. The van der Waals surface area contributed by atoms with E-state index in [1.165, 1.54) is 18.3 Å². The molecular formula is C14H11F3N2O2. The predicted molar refractivity (Wildman–Crippen MR) is 69.8 cm³/mol. The van der Waals surface area contributed by atoms with E-state index in [2.05, 4.69) is 10.3 Å². The van der Waals surface area contributed by atoms with E-state index in [9.17, 15) is 18.0 Å². The van der Waals surface area contributed by atoms with E-state index >= 15 is 0 Å². The molecule has 0 saturated carbocycles. The molecule has 0 amide bonds. The Morgan fingerprint density at radius 2 is 2.05 bits per heavy atom. The molecule has 0 fully saturated rings. The summed E-state index contributed by atoms with van der Waals surface area (Å²) in [7, 11) is 0. The number of anilines is 2. The Bertz CT molecular complexity index is 660. The molecule has 0 aliphatic carbocycles. The van der Waals surface area contributed by atoms with Crippen LogP contribution in [0.4, 0.5) is 24.7 Å². The van der Waals surface area contributed by atoms with Crippen molar-refractivity contribution >= 4 is 17.5 Å². The Balaban J connectivity index is 2.19. The van der Waals surface area contributed by atoms with Crippen LogP contribution in [0.15, 0.2) is 30.5 Å². The van der Waals surface area contributed by atoms with E-state index in [1.807, 2.05) is 0 Å². The highest BCUT2D eigenvalue weighted by atomic mass is 19.2. The quantitative estimate of drug-likeness (QED) is 0.694. The second-order valence-electron chi connectivity index (χ2n) is 4.03. The minimum absolute atomic E-state index is 0.131. The smallest absolute Gasteiger partial charge is 0.339 e. The van der Waals surface area contributed by atoms with Crippen LogP contribution < -0.4 is 5.32 Å². The van der Waals surface area contributed by atoms with Crippen molar-refractivity contribution in [3.8, 4) is 0 Å². The van der Waals surface area contributed by atoms with Crippen molar-refractivity contribution in [2.24, 2.45) is 0 Å². The van der Waals surface area contributed by atoms with Gasteiger partial charge in [-0.1, -0.05) is 0 Å². The van der Waals surface area contributed by atoms with Crippen LogP contribution in [0.3, 0.4) is 0 Å². The number of aromatic nitrogens is 1. The number of ether oxygens (including phenoxy) is 1. The van der Waals surface area contributed by atoms with Crippen molar-refractivity contribution in [3.05, 3.63) is 53.5 Å². The molecule has 2 aromatic rings. The number of rotatable bonds is 4. The third kappa shape index (κ3) is 3.50. The SMILES string of the molecule is CCOC(=O)c1ccc(Nc2cc(F)cc(F)c2F)nc1. The first kappa shape index (κ1) is 14.8. The first-order chi connectivity index (χ1) is 10.0. The van der Waals surface area contributed by atoms with Gasteiger partial charge in [0.2, 0.25) is 0 Å². The molecule has 1 N–H and O–H groups in total. The molecule has 1 heterocycles. The van der Waals surface area contributed by atoms with Gasteiger partial charge in [0.25, 0.3) is 0 Å². The third-order valence-electron chi connectivity index (χ3n) is 2.53. The minimum atomic E-state index is -1.30. The predicted octanol–water partition coefficient (Wildman–Crippen LogP) is 3.42. The minimum Gasteiger partial charge on any atom is -0.462 e. The van der Waals surface area contributed by atoms with E-state index in [-0.39, 0.29) is 23.7 Å². The maximum atomic E-state index is 13.5. The average molecular weight is 296 g/mol. The van der Waals surface area contributed by atoms with Gasteiger partial charge in [0.05, 0.1) is 17.9 Å². The van der Waals surface area contributed by atoms with Crippen molar-refractivity contribution in [1.82, 2.24) is 4.98 Å². The lowest BCUT2D eigenvalue weighted by atomic mass is 10.2. The first-order valence-corrected chi connectivity index (χ1v) is 6.06. The Labute approximate surface area is 118 Å². The van der Waals surface area contributed by atoms with Crippen molar-refractivity contribution in [2.75, 3.05) is 11.9 Å². The van der Waals surface area contributed by atoms with Crippen LogP contribution in [-0.4, -0.2) is 17.6 Å². The number of hydrogen-bond acceptors (Lipinski definition) is 4. The van der Waals surface area contributed by atoms with Crippen LogP contribution in [0.25, 0.3) is 0 Å². The summed E-state index contributed by atoms with van der Waals surface area (Å²) in [4.78, 5) is 15.3. The highest BCUT2D eigenvalue weighted by Crippen LogP contribution is 2.22. The number of hydrogen-bond donors (Lipinski definition) is 1. The van der Waals surface area contributed by atoms with E-state index < -0.39 is 23.4 Å². The molecule has 4 nitrogen and oxygen atoms in total. The Kier molecular flexibility index (Phi) is 4.42. The fourth-order valence-electron chi connectivity index (χ4n) is 1.59. The van der Waals surface area contributed by atoms with Gasteiger partial charge in [-0.15, -0.1) is 0 Å². The van der Waals surface area contributed by atoms with Gasteiger partial charge in [0.1, 0.15) is 11.6 Å². The molecule has 2 rings (SSSR count). The molecule has 21 heavy (non-hydrogen) atoms. The maximum Gasteiger partial charge on any atom is 0.339 e. The molecule has 0 aliphatic rings. The molecule has 0 unspecified atom stereocenters. The van der Waals surface area contributed by atoms with Gasteiger partial charge in [-0.05, 0) is 19.1 Å². The summed E-state index contributed by atoms with van der Waals surface area (Å²) < 4.78 is 44.3. The Morgan fingerprint density at radius 3 is 2.67 bits per heavy atom. The monoisotopic (exact) mass is 296 g/mol. The number of esters is 1.